The van der Waals surface area contributed by atoms with E-state index in [9.17, 15) is 62.3 Å². The Bertz CT molecular complexity index is 2810. The topological polar surface area (TPSA) is 448 Å². The van der Waals surface area contributed by atoms with E-state index >= 15 is 4.79 Å². The van der Waals surface area contributed by atoms with E-state index in [1.54, 1.807) is 0 Å². The minimum absolute atomic E-state index is 0.0394. The summed E-state index contributed by atoms with van der Waals surface area (Å²) in [7, 11) is -1.15. The molecule has 0 aromatic carbocycles. The standard InChI is InChI=1S/C59H88N2O34Si/c1-25-45(84-33(9)69)51(87-36(12)72)53(88-37(13)73)56(81-25)93-49-44(61-27(3)63)55(77-19-20-96(16,17)18)90-41(23-79-29(5)65)46(49)92-57-54(89-38(14)74)52(48(86-35(11)71)42(91-57)24-80-30(6)66)95-59(58(75)76-15)21-39(82-31(7)67)43(60-26(2)62)50(94-59)47(85-34(10)70)40(83-32(8)68)22-78-28(4)64/h25,39-57H,19-24H2,1-18H3,(H,60,62)(H,61,63)/t25-,39-,40+,41+,42+,43+,44+,45+,46+,47+,48-,49+,50+,51+,52-,53-,54+,55+,56-,57-,59-/m0/s1. The summed E-state index contributed by atoms with van der Waals surface area (Å²) in [6.07, 6.45) is -35.8. The Morgan fingerprint density at radius 1 is 0.479 bits per heavy atom. The molecule has 2 N–H and O–H groups in total. The van der Waals surface area contributed by atoms with Crippen molar-refractivity contribution in [3.63, 3.8) is 0 Å². The van der Waals surface area contributed by atoms with E-state index in [1.165, 1.54) is 6.92 Å². The molecule has 4 saturated heterocycles. The van der Waals surface area contributed by atoms with Gasteiger partial charge in [0, 0.05) is 105 Å². The Kier molecular flexibility index (Phi) is 30.5. The second-order valence-electron chi connectivity index (χ2n) is 23.9. The number of methoxy groups -OCH3 is 1. The third kappa shape index (κ3) is 24.2. The van der Waals surface area contributed by atoms with E-state index in [0.29, 0.717) is 6.04 Å². The van der Waals surface area contributed by atoms with Crippen LogP contribution < -0.4 is 10.6 Å². The van der Waals surface area contributed by atoms with Crippen LogP contribution in [-0.4, -0.2) is 253 Å². The number of carbonyl (C=O) groups excluding carboxylic acids is 14. The van der Waals surface area contributed by atoms with Gasteiger partial charge in [-0.3, -0.25) is 62.3 Å². The van der Waals surface area contributed by atoms with Crippen molar-refractivity contribution in [1.82, 2.24) is 10.6 Å². The summed E-state index contributed by atoms with van der Waals surface area (Å²) in [4.78, 5) is 185. The number of hydrogen-bond donors (Lipinski definition) is 2. The molecule has 4 heterocycles. The highest BCUT2D eigenvalue weighted by Gasteiger charge is 2.65. The highest BCUT2D eigenvalue weighted by molar-refractivity contribution is 6.76. The molecular formula is C59H88N2O34Si. The average Bonchev–Trinajstić information content (AvgIpc) is 0.746. The first-order chi connectivity index (χ1) is 44.6. The predicted molar refractivity (Wildman–Crippen MR) is 314 cm³/mol. The van der Waals surface area contributed by atoms with Gasteiger partial charge in [-0.15, -0.1) is 0 Å². The predicted octanol–water partition coefficient (Wildman–Crippen LogP) is -0.498. The van der Waals surface area contributed by atoms with Crippen molar-refractivity contribution in [2.24, 2.45) is 0 Å². The fraction of sp³-hybridized carbons (Fsp3) is 0.763. The summed E-state index contributed by atoms with van der Waals surface area (Å²) in [5, 5.41) is 5.23. The van der Waals surface area contributed by atoms with Gasteiger partial charge < -0.3 is 105 Å². The van der Waals surface area contributed by atoms with Gasteiger partial charge in [0.05, 0.1) is 25.7 Å². The molecular weight excluding hydrogens is 1310 g/mol. The smallest absolute Gasteiger partial charge is 0.366 e. The molecule has 0 spiro atoms. The van der Waals surface area contributed by atoms with Crippen LogP contribution in [-0.2, 0) is 162 Å². The van der Waals surface area contributed by atoms with E-state index in [-0.39, 0.29) is 6.61 Å². The Morgan fingerprint density at radius 3 is 1.41 bits per heavy atom. The van der Waals surface area contributed by atoms with Crippen LogP contribution >= 0.6 is 0 Å². The second-order valence-corrected chi connectivity index (χ2v) is 29.5. The van der Waals surface area contributed by atoms with Gasteiger partial charge >= 0.3 is 71.6 Å². The number of amides is 2. The molecule has 0 unspecified atom stereocenters. The normalized spacial score (nSPS) is 30.9. The number of esters is 12. The molecule has 4 fully saturated rings. The molecule has 37 heteroatoms. The molecule has 0 saturated carbocycles. The summed E-state index contributed by atoms with van der Waals surface area (Å²) in [5.74, 6) is -17.9. The van der Waals surface area contributed by atoms with Crippen LogP contribution in [0.1, 0.15) is 103 Å². The van der Waals surface area contributed by atoms with Crippen LogP contribution in [0.4, 0.5) is 0 Å². The highest BCUT2D eigenvalue weighted by Crippen LogP contribution is 2.43. The van der Waals surface area contributed by atoms with Crippen LogP contribution in [0.2, 0.25) is 25.7 Å². The summed E-state index contributed by atoms with van der Waals surface area (Å²) in [5.41, 5.74) is 0. The molecule has 36 nitrogen and oxygen atoms in total. The number of ether oxygens (including phenoxy) is 20. The minimum atomic E-state index is -3.23. The maximum absolute atomic E-state index is 15.1. The van der Waals surface area contributed by atoms with Gasteiger partial charge in [-0.05, 0) is 13.0 Å². The summed E-state index contributed by atoms with van der Waals surface area (Å²) < 4.78 is 120. The number of nitrogens with one attached hydrogen (secondary N) is 2. The third-order valence-corrected chi connectivity index (χ3v) is 16.0. The van der Waals surface area contributed by atoms with Crippen molar-refractivity contribution in [3.05, 3.63) is 0 Å². The highest BCUT2D eigenvalue weighted by atomic mass is 28.3. The van der Waals surface area contributed by atoms with Crippen LogP contribution in [0.3, 0.4) is 0 Å². The molecule has 96 heavy (non-hydrogen) atoms. The van der Waals surface area contributed by atoms with Gasteiger partial charge in [-0.1, -0.05) is 19.6 Å². The lowest BCUT2D eigenvalue weighted by atomic mass is 9.87. The van der Waals surface area contributed by atoms with Gasteiger partial charge in [-0.25, -0.2) is 4.79 Å². The van der Waals surface area contributed by atoms with Crippen LogP contribution in [0.5, 0.6) is 0 Å². The zero-order chi connectivity index (χ0) is 72.4. The Morgan fingerprint density at radius 2 is 0.927 bits per heavy atom. The lowest BCUT2D eigenvalue weighted by molar-refractivity contribution is -0.391. The van der Waals surface area contributed by atoms with Gasteiger partial charge in [0.25, 0.3) is 5.79 Å². The van der Waals surface area contributed by atoms with Gasteiger partial charge in [0.2, 0.25) is 11.8 Å². The van der Waals surface area contributed by atoms with Crippen LogP contribution in [0.15, 0.2) is 0 Å². The van der Waals surface area contributed by atoms with Crippen molar-refractivity contribution in [3.8, 4) is 0 Å². The van der Waals surface area contributed by atoms with Crippen molar-refractivity contribution >= 4 is 91.5 Å². The molecule has 2 amide bonds. The molecule has 0 aromatic rings. The number of rotatable bonds is 29. The van der Waals surface area contributed by atoms with Gasteiger partial charge in [0.15, 0.2) is 61.6 Å². The summed E-state index contributed by atoms with van der Waals surface area (Å²) in [6, 6.07) is -2.93. The number of hydrogen-bond acceptors (Lipinski definition) is 34. The van der Waals surface area contributed by atoms with E-state index in [2.05, 4.69) is 10.6 Å². The van der Waals surface area contributed by atoms with Gasteiger partial charge in [0.1, 0.15) is 68.6 Å². The molecule has 542 valence electrons. The molecule has 4 aliphatic heterocycles. The largest absolute Gasteiger partial charge is 0.465 e. The average molecular weight is 1400 g/mol. The van der Waals surface area contributed by atoms with Crippen molar-refractivity contribution in [2.45, 2.75) is 257 Å². The van der Waals surface area contributed by atoms with E-state index in [0.717, 1.165) is 97.1 Å². The van der Waals surface area contributed by atoms with Crippen LogP contribution in [0, 0.1) is 0 Å². The Labute approximate surface area is 553 Å². The maximum atomic E-state index is 15.1. The summed E-state index contributed by atoms with van der Waals surface area (Å²) in [6.45, 7) is 17.4. The fourth-order valence-electron chi connectivity index (χ4n) is 10.8. The zero-order valence-corrected chi connectivity index (χ0v) is 57.7. The molecule has 0 radical (unpaired) electrons. The number of carbonyl (C=O) groups is 14. The maximum Gasteiger partial charge on any atom is 0.366 e. The molecule has 4 rings (SSSR count). The van der Waals surface area contributed by atoms with Gasteiger partial charge in [-0.2, -0.15) is 0 Å². The Hall–Kier alpha value is -7.52. The van der Waals surface area contributed by atoms with Crippen molar-refractivity contribution in [1.29, 1.82) is 0 Å². The third-order valence-electron chi connectivity index (χ3n) is 14.3. The Balaban J connectivity index is 2.21. The fourth-order valence-corrected chi connectivity index (χ4v) is 11.5. The SMILES string of the molecule is COC(=O)[C@@]1(O[C@H]2[C@@H](OC(C)=O)[C@@H](COC(C)=O)O[C@@H](O[C@H]3[C@H](O[C@@H]4O[C@@H](C)[C@@H](OC(C)=O)[C@@H](OC(C)=O)[C@@H]4OC(C)=O)[C@@H](NC(C)=O)[C@H](OCC[Si](C)(C)C)O[C@@H]3COC(C)=O)[C@@H]2OC(C)=O)C[C@H](OC(C)=O)[C@@H](NC(C)=O)[C@H]([C@H](OC(C)=O)[C@@H](COC(C)=O)OC(C)=O)O1. The summed E-state index contributed by atoms with van der Waals surface area (Å²) >= 11 is 0. The van der Waals surface area contributed by atoms with Crippen molar-refractivity contribution in [2.75, 3.05) is 33.5 Å². The molecule has 0 aliphatic carbocycles. The first-order valence-electron chi connectivity index (χ1n) is 30.3. The van der Waals surface area contributed by atoms with Crippen molar-refractivity contribution < 1.29 is 162 Å². The molecule has 0 bridgehead atoms. The second kappa shape index (κ2) is 36.2. The first kappa shape index (κ1) is 80.9. The quantitative estimate of drug-likeness (QED) is 0.0541. The lowest BCUT2D eigenvalue weighted by Crippen LogP contribution is -2.72. The first-order valence-corrected chi connectivity index (χ1v) is 34.0. The zero-order valence-electron chi connectivity index (χ0n) is 56.7. The van der Waals surface area contributed by atoms with E-state index < -0.39 is 246 Å². The van der Waals surface area contributed by atoms with Crippen LogP contribution in [0.25, 0.3) is 0 Å². The minimum Gasteiger partial charge on any atom is -0.465 e. The molecule has 4 aliphatic rings. The molecule has 21 atom stereocenters. The molecule has 0 aromatic heterocycles. The monoisotopic (exact) mass is 1400 g/mol. The van der Waals surface area contributed by atoms with E-state index in [4.69, 9.17) is 94.7 Å². The lowest BCUT2D eigenvalue weighted by Gasteiger charge is -2.53. The van der Waals surface area contributed by atoms with E-state index in [1.807, 2.05) is 19.6 Å².